The first-order valence-corrected chi connectivity index (χ1v) is 8.78. The van der Waals surface area contributed by atoms with Gasteiger partial charge in [-0.3, -0.25) is 0 Å². The number of aliphatic carboxylic acids is 1. The number of hydrogen-bond acceptors (Lipinski definition) is 1. The van der Waals surface area contributed by atoms with Gasteiger partial charge in [0.25, 0.3) is 0 Å². The van der Waals surface area contributed by atoms with Gasteiger partial charge in [0.2, 0.25) is 0 Å². The van der Waals surface area contributed by atoms with Crippen molar-refractivity contribution in [2.24, 2.45) is 22.7 Å². The van der Waals surface area contributed by atoms with Crippen LogP contribution in [0.2, 0.25) is 0 Å². The highest BCUT2D eigenvalue weighted by Crippen LogP contribution is 2.62. The van der Waals surface area contributed by atoms with Crippen molar-refractivity contribution in [1.29, 1.82) is 0 Å². The lowest BCUT2D eigenvalue weighted by Crippen LogP contribution is -2.50. The molecule has 22 heavy (non-hydrogen) atoms. The van der Waals surface area contributed by atoms with Gasteiger partial charge in [0, 0.05) is 6.08 Å². The van der Waals surface area contributed by atoms with Gasteiger partial charge in [-0.05, 0) is 74.5 Å². The third-order valence-electron chi connectivity index (χ3n) is 6.99. The Labute approximate surface area is 135 Å². The minimum atomic E-state index is -0.824. The van der Waals surface area contributed by atoms with E-state index in [0.29, 0.717) is 22.7 Å². The molecule has 2 aliphatic rings. The van der Waals surface area contributed by atoms with E-state index < -0.39 is 5.97 Å². The SMILES string of the molecule is C=C1CCC[C@@H]2[C@@](C)(CC/C(C)=C/C(=O)O)[C@H](C)CC[C@@]12C. The first-order valence-electron chi connectivity index (χ1n) is 8.78. The van der Waals surface area contributed by atoms with E-state index in [4.69, 9.17) is 5.11 Å². The molecule has 2 nitrogen and oxygen atoms in total. The Morgan fingerprint density at radius 3 is 2.73 bits per heavy atom. The second kappa shape index (κ2) is 6.22. The average Bonchev–Trinajstić information content (AvgIpc) is 2.43. The first-order chi connectivity index (χ1) is 10.2. The zero-order valence-electron chi connectivity index (χ0n) is 14.7. The summed E-state index contributed by atoms with van der Waals surface area (Å²) in [4.78, 5) is 10.8. The van der Waals surface area contributed by atoms with Crippen LogP contribution >= 0.6 is 0 Å². The smallest absolute Gasteiger partial charge is 0.328 e. The summed E-state index contributed by atoms with van der Waals surface area (Å²) in [5.74, 6) is 0.576. The van der Waals surface area contributed by atoms with Gasteiger partial charge in [-0.2, -0.15) is 0 Å². The maximum atomic E-state index is 10.8. The van der Waals surface area contributed by atoms with E-state index in [1.54, 1.807) is 0 Å². The summed E-state index contributed by atoms with van der Waals surface area (Å²) < 4.78 is 0. The lowest BCUT2D eigenvalue weighted by atomic mass is 9.46. The van der Waals surface area contributed by atoms with Crippen LogP contribution in [0.25, 0.3) is 0 Å². The number of carboxylic acid groups (broad SMARTS) is 1. The molecule has 2 fully saturated rings. The second-order valence-corrected chi connectivity index (χ2v) is 8.24. The molecular formula is C20H32O2. The Kier molecular flexibility index (Phi) is 4.89. The third-order valence-corrected chi connectivity index (χ3v) is 6.99. The average molecular weight is 304 g/mol. The molecule has 0 radical (unpaired) electrons. The molecule has 0 bridgehead atoms. The summed E-state index contributed by atoms with van der Waals surface area (Å²) >= 11 is 0. The molecule has 0 aromatic heterocycles. The van der Waals surface area contributed by atoms with E-state index in [2.05, 4.69) is 27.4 Å². The van der Waals surface area contributed by atoms with Gasteiger partial charge >= 0.3 is 5.97 Å². The molecule has 0 aromatic carbocycles. The van der Waals surface area contributed by atoms with E-state index in [1.807, 2.05) is 6.92 Å². The summed E-state index contributed by atoms with van der Waals surface area (Å²) in [5, 5.41) is 8.91. The zero-order chi connectivity index (χ0) is 16.5. The molecule has 4 atom stereocenters. The van der Waals surface area contributed by atoms with E-state index in [9.17, 15) is 4.79 Å². The van der Waals surface area contributed by atoms with Crippen LogP contribution in [0, 0.1) is 22.7 Å². The zero-order valence-corrected chi connectivity index (χ0v) is 14.7. The number of rotatable bonds is 4. The Morgan fingerprint density at radius 1 is 1.41 bits per heavy atom. The molecule has 2 aliphatic carbocycles. The topological polar surface area (TPSA) is 37.3 Å². The van der Waals surface area contributed by atoms with E-state index in [1.165, 1.54) is 43.8 Å². The number of allylic oxidation sites excluding steroid dienone is 2. The Balaban J connectivity index is 2.21. The Bertz CT molecular complexity index is 490. The van der Waals surface area contributed by atoms with Crippen LogP contribution in [0.1, 0.15) is 72.6 Å². The first kappa shape index (κ1) is 17.3. The van der Waals surface area contributed by atoms with Gasteiger partial charge in [-0.15, -0.1) is 0 Å². The predicted octanol–water partition coefficient (Wildman–Crippen LogP) is 5.60. The summed E-state index contributed by atoms with van der Waals surface area (Å²) in [5.41, 5.74) is 3.04. The highest BCUT2D eigenvalue weighted by Gasteiger charge is 2.53. The molecule has 2 saturated carbocycles. The molecule has 0 heterocycles. The van der Waals surface area contributed by atoms with Gasteiger partial charge in [0.05, 0.1) is 0 Å². The monoisotopic (exact) mass is 304 g/mol. The Morgan fingerprint density at radius 2 is 2.09 bits per heavy atom. The fourth-order valence-electron chi connectivity index (χ4n) is 5.14. The molecule has 0 amide bonds. The molecule has 1 N–H and O–H groups in total. The van der Waals surface area contributed by atoms with Gasteiger partial charge in [-0.25, -0.2) is 4.79 Å². The number of hydrogen-bond donors (Lipinski definition) is 1. The lowest BCUT2D eigenvalue weighted by molar-refractivity contribution is -0.131. The van der Waals surface area contributed by atoms with Crippen LogP contribution in [-0.2, 0) is 4.79 Å². The summed E-state index contributed by atoms with van der Waals surface area (Å²) in [6.45, 7) is 13.6. The minimum Gasteiger partial charge on any atom is -0.478 e. The van der Waals surface area contributed by atoms with Crippen LogP contribution in [0.5, 0.6) is 0 Å². The van der Waals surface area contributed by atoms with Crippen molar-refractivity contribution in [3.63, 3.8) is 0 Å². The van der Waals surface area contributed by atoms with Crippen molar-refractivity contribution in [3.05, 3.63) is 23.8 Å². The van der Waals surface area contributed by atoms with Crippen molar-refractivity contribution in [3.8, 4) is 0 Å². The van der Waals surface area contributed by atoms with Gasteiger partial charge in [0.15, 0.2) is 0 Å². The van der Waals surface area contributed by atoms with Crippen LogP contribution < -0.4 is 0 Å². The van der Waals surface area contributed by atoms with Crippen molar-refractivity contribution >= 4 is 5.97 Å². The predicted molar refractivity (Wildman–Crippen MR) is 91.7 cm³/mol. The molecule has 2 heteroatoms. The minimum absolute atomic E-state index is 0.296. The van der Waals surface area contributed by atoms with Crippen molar-refractivity contribution in [2.75, 3.05) is 0 Å². The van der Waals surface area contributed by atoms with E-state index in [0.717, 1.165) is 18.4 Å². The summed E-state index contributed by atoms with van der Waals surface area (Å²) in [7, 11) is 0. The molecule has 0 saturated heterocycles. The quantitative estimate of drug-likeness (QED) is 0.542. The summed E-state index contributed by atoms with van der Waals surface area (Å²) in [6, 6.07) is 0. The van der Waals surface area contributed by atoms with Crippen LogP contribution in [0.3, 0.4) is 0 Å². The fourth-order valence-corrected chi connectivity index (χ4v) is 5.14. The van der Waals surface area contributed by atoms with Gasteiger partial charge in [-0.1, -0.05) is 38.5 Å². The van der Waals surface area contributed by atoms with Gasteiger partial charge < -0.3 is 5.11 Å². The van der Waals surface area contributed by atoms with Crippen molar-refractivity contribution in [2.45, 2.75) is 72.6 Å². The molecule has 124 valence electrons. The molecule has 0 unspecified atom stereocenters. The second-order valence-electron chi connectivity index (χ2n) is 8.24. The number of carboxylic acids is 1. The molecule has 0 aliphatic heterocycles. The fraction of sp³-hybridized carbons (Fsp3) is 0.750. The van der Waals surface area contributed by atoms with E-state index >= 15 is 0 Å². The third kappa shape index (κ3) is 3.02. The maximum Gasteiger partial charge on any atom is 0.328 e. The van der Waals surface area contributed by atoms with Crippen LogP contribution in [0.15, 0.2) is 23.8 Å². The van der Waals surface area contributed by atoms with Crippen LogP contribution in [0.4, 0.5) is 0 Å². The largest absolute Gasteiger partial charge is 0.478 e. The van der Waals surface area contributed by atoms with Gasteiger partial charge in [0.1, 0.15) is 0 Å². The van der Waals surface area contributed by atoms with Crippen molar-refractivity contribution in [1.82, 2.24) is 0 Å². The van der Waals surface area contributed by atoms with Crippen molar-refractivity contribution < 1.29 is 9.90 Å². The number of fused-ring (bicyclic) bond motifs is 1. The molecule has 0 spiro atoms. The normalized spacial score (nSPS) is 39.5. The summed E-state index contributed by atoms with van der Waals surface area (Å²) in [6.07, 6.45) is 9.67. The molecular weight excluding hydrogens is 272 g/mol. The standard InChI is InChI=1S/C20H32O2/c1-14(13-18(21)22)9-11-19(4)16(3)10-12-20(5)15(2)7-6-8-17(19)20/h13,16-17H,2,6-12H2,1,3-5H3,(H,21,22)/b14-13+/t16-,17-,19+,20+/m1/s1. The highest BCUT2D eigenvalue weighted by atomic mass is 16.4. The molecule has 0 aromatic rings. The van der Waals surface area contributed by atoms with Crippen LogP contribution in [-0.4, -0.2) is 11.1 Å². The maximum absolute atomic E-state index is 10.8. The lowest BCUT2D eigenvalue weighted by Gasteiger charge is -2.59. The van der Waals surface area contributed by atoms with E-state index in [-0.39, 0.29) is 0 Å². The Hall–Kier alpha value is -1.05. The number of carbonyl (C=O) groups is 1. The molecule has 2 rings (SSSR count). The highest BCUT2D eigenvalue weighted by molar-refractivity contribution is 5.80.